The van der Waals surface area contributed by atoms with Crippen LogP contribution >= 0.6 is 0 Å². The fourth-order valence-corrected chi connectivity index (χ4v) is 2.33. The lowest BCUT2D eigenvalue weighted by molar-refractivity contribution is 0.148. The minimum absolute atomic E-state index is 0.0491. The van der Waals surface area contributed by atoms with Gasteiger partial charge in [-0.15, -0.1) is 5.10 Å². The van der Waals surface area contributed by atoms with Crippen LogP contribution in [0.15, 0.2) is 36.7 Å². The summed E-state index contributed by atoms with van der Waals surface area (Å²) >= 11 is 0. The van der Waals surface area contributed by atoms with E-state index in [-0.39, 0.29) is 24.2 Å². The van der Waals surface area contributed by atoms with Crippen molar-refractivity contribution in [3.8, 4) is 11.7 Å². The number of ether oxygens (including phenoxy) is 1. The Labute approximate surface area is 153 Å². The molecule has 0 aliphatic carbocycles. The molecular weight excluding hydrogens is 361 g/mol. The Balaban J connectivity index is 1.71. The summed E-state index contributed by atoms with van der Waals surface area (Å²) in [5.74, 6) is -0.686. The Bertz CT molecular complexity index is 915. The fourth-order valence-electron chi connectivity index (χ4n) is 2.33. The number of hydrogen-bond acceptors (Lipinski definition) is 6. The van der Waals surface area contributed by atoms with Gasteiger partial charge in [0.2, 0.25) is 6.43 Å². The Kier molecular flexibility index (Phi) is 5.65. The van der Waals surface area contributed by atoms with E-state index in [9.17, 15) is 13.2 Å². The first-order valence-electron chi connectivity index (χ1n) is 8.12. The maximum absolute atomic E-state index is 13.6. The normalized spacial score (nSPS) is 12.4. The van der Waals surface area contributed by atoms with Crippen LogP contribution in [0.1, 0.15) is 29.9 Å². The first-order valence-corrected chi connectivity index (χ1v) is 8.12. The van der Waals surface area contributed by atoms with E-state index in [2.05, 4.69) is 20.3 Å². The van der Waals surface area contributed by atoms with Crippen molar-refractivity contribution in [2.24, 2.45) is 5.73 Å². The van der Waals surface area contributed by atoms with Crippen LogP contribution in [0.5, 0.6) is 6.01 Å². The van der Waals surface area contributed by atoms with Crippen LogP contribution in [0, 0.1) is 5.82 Å². The number of aromatic nitrogens is 5. The quantitative estimate of drug-likeness (QED) is 0.680. The summed E-state index contributed by atoms with van der Waals surface area (Å²) in [7, 11) is 0. The molecule has 0 saturated carbocycles. The lowest BCUT2D eigenvalue weighted by Gasteiger charge is -2.07. The van der Waals surface area contributed by atoms with Gasteiger partial charge in [0.15, 0.2) is 0 Å². The zero-order chi connectivity index (χ0) is 19.4. The van der Waals surface area contributed by atoms with Crippen molar-refractivity contribution in [1.82, 2.24) is 25.0 Å². The molecule has 2 heterocycles. The number of nitrogens with zero attached hydrogens (tertiary/aromatic N) is 5. The Hall–Kier alpha value is -3.01. The summed E-state index contributed by atoms with van der Waals surface area (Å²) in [6, 6.07) is 5.46. The molecule has 142 valence electrons. The molecule has 1 atom stereocenters. The maximum Gasteiger partial charge on any atom is 0.317 e. The number of rotatable bonds is 7. The molecule has 3 rings (SSSR count). The third-order valence-corrected chi connectivity index (χ3v) is 3.68. The molecule has 0 spiro atoms. The minimum atomic E-state index is -2.64. The van der Waals surface area contributed by atoms with Crippen molar-refractivity contribution < 1.29 is 17.9 Å². The molecule has 7 nitrogen and oxygen atoms in total. The zero-order valence-corrected chi connectivity index (χ0v) is 14.4. The lowest BCUT2D eigenvalue weighted by Crippen LogP contribution is -2.09. The number of alkyl halides is 2. The lowest BCUT2D eigenvalue weighted by atomic mass is 10.1. The van der Waals surface area contributed by atoms with Crippen LogP contribution in [0.25, 0.3) is 5.69 Å². The minimum Gasteiger partial charge on any atom is -0.457 e. The number of benzene rings is 1. The van der Waals surface area contributed by atoms with E-state index in [4.69, 9.17) is 10.5 Å². The van der Waals surface area contributed by atoms with E-state index >= 15 is 0 Å². The van der Waals surface area contributed by atoms with Crippen LogP contribution in [-0.2, 0) is 13.0 Å². The summed E-state index contributed by atoms with van der Waals surface area (Å²) < 4.78 is 45.5. The summed E-state index contributed by atoms with van der Waals surface area (Å²) in [4.78, 5) is 8.17. The second kappa shape index (κ2) is 8.12. The van der Waals surface area contributed by atoms with Gasteiger partial charge < -0.3 is 10.5 Å². The van der Waals surface area contributed by atoms with Crippen LogP contribution in [0.4, 0.5) is 13.2 Å². The molecule has 2 N–H and O–H groups in total. The predicted molar refractivity (Wildman–Crippen MR) is 90.0 cm³/mol. The van der Waals surface area contributed by atoms with E-state index in [1.54, 1.807) is 25.4 Å². The van der Waals surface area contributed by atoms with Gasteiger partial charge in [0.25, 0.3) is 0 Å². The van der Waals surface area contributed by atoms with Gasteiger partial charge in [-0.2, -0.15) is 4.98 Å². The van der Waals surface area contributed by atoms with Gasteiger partial charge in [0.05, 0.1) is 17.6 Å². The fraction of sp³-hybridized carbons (Fsp3) is 0.294. The van der Waals surface area contributed by atoms with E-state index in [0.717, 1.165) is 6.07 Å². The van der Waals surface area contributed by atoms with Gasteiger partial charge in [-0.05, 0) is 36.8 Å². The van der Waals surface area contributed by atoms with Gasteiger partial charge >= 0.3 is 6.01 Å². The highest BCUT2D eigenvalue weighted by molar-refractivity contribution is 5.36. The highest BCUT2D eigenvalue weighted by Crippen LogP contribution is 2.17. The number of hydrogen-bond donors (Lipinski definition) is 1. The van der Waals surface area contributed by atoms with Crippen LogP contribution < -0.4 is 10.5 Å². The molecular formula is C17H17F3N6O. The largest absolute Gasteiger partial charge is 0.457 e. The van der Waals surface area contributed by atoms with Crippen molar-refractivity contribution in [3.05, 3.63) is 59.4 Å². The molecule has 0 aliphatic heterocycles. The van der Waals surface area contributed by atoms with Crippen LogP contribution in [-0.4, -0.2) is 31.4 Å². The molecule has 0 bridgehead atoms. The second-order valence-electron chi connectivity index (χ2n) is 5.87. The average molecular weight is 378 g/mol. The highest BCUT2D eigenvalue weighted by atomic mass is 19.3. The summed E-state index contributed by atoms with van der Waals surface area (Å²) in [5, 5.41) is 7.85. The zero-order valence-electron chi connectivity index (χ0n) is 14.4. The Morgan fingerprint density at radius 2 is 2.07 bits per heavy atom. The van der Waals surface area contributed by atoms with Crippen molar-refractivity contribution in [3.63, 3.8) is 0 Å². The Morgan fingerprint density at radius 1 is 1.26 bits per heavy atom. The first kappa shape index (κ1) is 18.8. The molecule has 2 aromatic heterocycles. The highest BCUT2D eigenvalue weighted by Gasteiger charge is 2.12. The Morgan fingerprint density at radius 3 is 2.81 bits per heavy atom. The molecule has 1 aromatic carbocycles. The first-order chi connectivity index (χ1) is 12.9. The third kappa shape index (κ3) is 4.79. The molecule has 0 fully saturated rings. The molecule has 3 aromatic rings. The van der Waals surface area contributed by atoms with Crippen LogP contribution in [0.2, 0.25) is 0 Å². The molecule has 27 heavy (non-hydrogen) atoms. The molecule has 10 heteroatoms. The summed E-state index contributed by atoms with van der Waals surface area (Å²) in [5.41, 5.74) is 7.20. The van der Waals surface area contributed by atoms with Crippen molar-refractivity contribution in [1.29, 1.82) is 0 Å². The van der Waals surface area contributed by atoms with E-state index in [0.29, 0.717) is 17.1 Å². The summed E-state index contributed by atoms with van der Waals surface area (Å²) in [6.45, 7) is 1.84. The second-order valence-corrected chi connectivity index (χ2v) is 5.87. The third-order valence-electron chi connectivity index (χ3n) is 3.68. The van der Waals surface area contributed by atoms with Crippen molar-refractivity contribution >= 4 is 0 Å². The average Bonchev–Trinajstić information content (AvgIpc) is 3.11. The van der Waals surface area contributed by atoms with Crippen molar-refractivity contribution in [2.45, 2.75) is 32.4 Å². The van der Waals surface area contributed by atoms with Crippen molar-refractivity contribution in [2.75, 3.05) is 0 Å². The molecule has 0 amide bonds. The SMILES string of the molecule is CC(N)c1ccnc(OCc2cn(-c3ccc(F)c(CC(F)F)c3)nn2)n1. The monoisotopic (exact) mass is 378 g/mol. The topological polar surface area (TPSA) is 91.7 Å². The number of halogens is 3. The molecule has 0 saturated heterocycles. The van der Waals surface area contributed by atoms with Gasteiger partial charge in [-0.1, -0.05) is 5.21 Å². The van der Waals surface area contributed by atoms with E-state index in [1.807, 2.05) is 0 Å². The van der Waals surface area contributed by atoms with Gasteiger partial charge in [-0.25, -0.2) is 22.8 Å². The molecule has 1 unspecified atom stereocenters. The van der Waals surface area contributed by atoms with E-state index < -0.39 is 18.7 Å². The molecule has 0 radical (unpaired) electrons. The van der Waals surface area contributed by atoms with E-state index in [1.165, 1.54) is 16.8 Å². The predicted octanol–water partition coefficient (Wildman–Crippen LogP) is 2.60. The number of nitrogens with two attached hydrogens (primary N) is 1. The smallest absolute Gasteiger partial charge is 0.317 e. The van der Waals surface area contributed by atoms with Gasteiger partial charge in [0.1, 0.15) is 18.1 Å². The maximum atomic E-state index is 13.6. The van der Waals surface area contributed by atoms with Gasteiger partial charge in [0, 0.05) is 18.7 Å². The molecule has 0 aliphatic rings. The standard InChI is InChI=1S/C17H17F3N6O/c1-10(21)15-4-5-22-17(23-15)27-9-12-8-26(25-24-12)13-2-3-14(18)11(6-13)7-16(19)20/h2-6,8,10,16H,7,9,21H2,1H3. The summed E-state index contributed by atoms with van der Waals surface area (Å²) in [6.07, 6.45) is -0.214. The van der Waals surface area contributed by atoms with Gasteiger partial charge in [-0.3, -0.25) is 0 Å². The van der Waals surface area contributed by atoms with Crippen LogP contribution in [0.3, 0.4) is 0 Å².